The van der Waals surface area contributed by atoms with Crippen LogP contribution < -0.4 is 10.6 Å². The zero-order valence-corrected chi connectivity index (χ0v) is 19.7. The third-order valence-corrected chi connectivity index (χ3v) is 6.67. The molecule has 9 heteroatoms. The first kappa shape index (κ1) is 22.0. The van der Waals surface area contributed by atoms with Gasteiger partial charge in [0.1, 0.15) is 0 Å². The van der Waals surface area contributed by atoms with Crippen LogP contribution in [-0.2, 0) is 13.0 Å². The average molecular weight is 473 g/mol. The lowest BCUT2D eigenvalue weighted by molar-refractivity contribution is 0.210. The number of nitrogens with one attached hydrogen (secondary N) is 2. The predicted molar refractivity (Wildman–Crippen MR) is 135 cm³/mol. The molecule has 5 rings (SSSR count). The van der Waals surface area contributed by atoms with Crippen LogP contribution in [0.25, 0.3) is 21.8 Å². The highest BCUT2D eigenvalue weighted by Gasteiger charge is 2.17. The molecule has 172 valence electrons. The van der Waals surface area contributed by atoms with Gasteiger partial charge in [0.25, 0.3) is 0 Å². The third-order valence-electron chi connectivity index (χ3n) is 5.68. The fourth-order valence-corrected chi connectivity index (χ4v) is 5.03. The van der Waals surface area contributed by atoms with Gasteiger partial charge in [-0.3, -0.25) is 5.32 Å². The molecule has 4 aromatic rings. The van der Waals surface area contributed by atoms with E-state index < -0.39 is 6.09 Å². The number of fused-ring (bicyclic) bond motifs is 1. The minimum atomic E-state index is -1.10. The number of hydrogen-bond acceptors (Lipinski definition) is 7. The Hall–Kier alpha value is -3.82. The van der Waals surface area contributed by atoms with Crippen molar-refractivity contribution in [1.82, 2.24) is 19.9 Å². The number of anilines is 3. The Labute approximate surface area is 201 Å². The lowest BCUT2D eigenvalue weighted by atomic mass is 9.99. The fraction of sp³-hybridized carbons (Fsp3) is 0.200. The molecule has 8 nitrogen and oxygen atoms in total. The number of aryl methyl sites for hydroxylation is 1. The monoisotopic (exact) mass is 472 g/mol. The number of benzene rings is 2. The average Bonchev–Trinajstić information content (AvgIpc) is 3.20. The normalized spacial score (nSPS) is 13.4. The first-order valence-corrected chi connectivity index (χ1v) is 11.7. The number of carbonyl (C=O) groups is 1. The molecule has 3 N–H and O–H groups in total. The number of hydrogen-bond donors (Lipinski definition) is 3. The van der Waals surface area contributed by atoms with E-state index in [-0.39, 0.29) is 0 Å². The molecule has 0 spiro atoms. The predicted octanol–water partition coefficient (Wildman–Crippen LogP) is 5.40. The van der Waals surface area contributed by atoms with Gasteiger partial charge in [-0.15, -0.1) is 11.3 Å². The Morgan fingerprint density at radius 1 is 1.09 bits per heavy atom. The largest absolute Gasteiger partial charge is 0.465 e. The maximum Gasteiger partial charge on any atom is 0.409 e. The highest BCUT2D eigenvalue weighted by atomic mass is 32.1. The second kappa shape index (κ2) is 9.20. The fourth-order valence-electron chi connectivity index (χ4n) is 4.11. The summed E-state index contributed by atoms with van der Waals surface area (Å²) in [6.45, 7) is 3.96. The second-order valence-electron chi connectivity index (χ2n) is 8.28. The number of aromatic nitrogens is 3. The molecular weight excluding hydrogens is 448 g/mol. The van der Waals surface area contributed by atoms with Crippen molar-refractivity contribution in [2.24, 2.45) is 0 Å². The number of carboxylic acid groups (broad SMARTS) is 1. The summed E-state index contributed by atoms with van der Waals surface area (Å²) in [6.07, 6.45) is 1.69. The standard InChI is InChI=1S/C25H24N6O2S/c1-15-27-22(17-4-3-5-19(12-17)29-25(32)33)23(34-15)21-8-10-26-24(30-21)28-20-7-6-16-9-11-31(2)14-18(16)13-20/h3-8,10,12-13,29H,9,11,14H2,1-2H3,(H,32,33)(H,26,28,30). The van der Waals surface area contributed by atoms with E-state index in [9.17, 15) is 4.79 Å². The molecule has 1 amide bonds. The summed E-state index contributed by atoms with van der Waals surface area (Å²) < 4.78 is 0. The highest BCUT2D eigenvalue weighted by molar-refractivity contribution is 7.15. The Morgan fingerprint density at radius 2 is 1.97 bits per heavy atom. The van der Waals surface area contributed by atoms with Gasteiger partial charge in [0.2, 0.25) is 5.95 Å². The maximum absolute atomic E-state index is 11.0. The molecule has 0 atom stereocenters. The smallest absolute Gasteiger partial charge is 0.409 e. The number of amides is 1. The summed E-state index contributed by atoms with van der Waals surface area (Å²) in [4.78, 5) is 28.2. The van der Waals surface area contributed by atoms with Crippen molar-refractivity contribution in [3.8, 4) is 21.8 Å². The van der Waals surface area contributed by atoms with Crippen molar-refractivity contribution >= 4 is 34.8 Å². The van der Waals surface area contributed by atoms with Gasteiger partial charge < -0.3 is 15.3 Å². The molecule has 2 aromatic carbocycles. The van der Waals surface area contributed by atoms with Crippen molar-refractivity contribution in [2.45, 2.75) is 19.9 Å². The molecule has 0 saturated heterocycles. The quantitative estimate of drug-likeness (QED) is 0.357. The van der Waals surface area contributed by atoms with Gasteiger partial charge >= 0.3 is 6.09 Å². The van der Waals surface area contributed by atoms with Crippen molar-refractivity contribution in [3.05, 3.63) is 70.9 Å². The Balaban J connectivity index is 1.45. The number of rotatable bonds is 5. The first-order chi connectivity index (χ1) is 16.4. The van der Waals surface area contributed by atoms with Gasteiger partial charge in [-0.1, -0.05) is 18.2 Å². The van der Waals surface area contributed by atoms with E-state index in [0.29, 0.717) is 11.6 Å². The Bertz CT molecular complexity index is 1370. The molecule has 34 heavy (non-hydrogen) atoms. The van der Waals surface area contributed by atoms with Crippen LogP contribution in [0.5, 0.6) is 0 Å². The molecule has 0 fully saturated rings. The first-order valence-electron chi connectivity index (χ1n) is 10.9. The van der Waals surface area contributed by atoms with Crippen LogP contribution in [0, 0.1) is 6.92 Å². The summed E-state index contributed by atoms with van der Waals surface area (Å²) in [5, 5.41) is 15.7. The van der Waals surface area contributed by atoms with Crippen molar-refractivity contribution in [2.75, 3.05) is 24.2 Å². The topological polar surface area (TPSA) is 103 Å². The Morgan fingerprint density at radius 3 is 2.82 bits per heavy atom. The van der Waals surface area contributed by atoms with Crippen molar-refractivity contribution in [1.29, 1.82) is 0 Å². The van der Waals surface area contributed by atoms with Crippen LogP contribution in [0.3, 0.4) is 0 Å². The lowest BCUT2D eigenvalue weighted by Crippen LogP contribution is -2.26. The molecule has 1 aliphatic rings. The molecule has 1 aliphatic heterocycles. The maximum atomic E-state index is 11.0. The summed E-state index contributed by atoms with van der Waals surface area (Å²) in [6, 6.07) is 15.5. The molecule has 0 bridgehead atoms. The minimum absolute atomic E-state index is 0.490. The van der Waals surface area contributed by atoms with E-state index in [1.54, 1.807) is 35.7 Å². The van der Waals surface area contributed by atoms with Crippen molar-refractivity contribution < 1.29 is 9.90 Å². The van der Waals surface area contributed by atoms with Gasteiger partial charge in [0.15, 0.2) is 0 Å². The van der Waals surface area contributed by atoms with E-state index in [1.807, 2.05) is 19.1 Å². The van der Waals surface area contributed by atoms with Gasteiger partial charge in [-0.05, 0) is 61.9 Å². The van der Waals surface area contributed by atoms with E-state index in [2.05, 4.69) is 45.8 Å². The van der Waals surface area contributed by atoms with Gasteiger partial charge in [-0.2, -0.15) is 0 Å². The molecule has 3 heterocycles. The third kappa shape index (κ3) is 4.75. The highest BCUT2D eigenvalue weighted by Crippen LogP contribution is 2.37. The molecule has 0 radical (unpaired) electrons. The summed E-state index contributed by atoms with van der Waals surface area (Å²) in [7, 11) is 2.14. The lowest BCUT2D eigenvalue weighted by Gasteiger charge is -2.25. The van der Waals surface area contributed by atoms with Crippen molar-refractivity contribution in [3.63, 3.8) is 0 Å². The number of nitrogens with zero attached hydrogens (tertiary/aromatic N) is 4. The minimum Gasteiger partial charge on any atom is -0.465 e. The number of likely N-dealkylation sites (N-methyl/N-ethyl adjacent to an activating group) is 1. The Kier molecular flexibility index (Phi) is 5.95. The van der Waals surface area contributed by atoms with Gasteiger partial charge in [-0.25, -0.2) is 19.7 Å². The summed E-state index contributed by atoms with van der Waals surface area (Å²) in [5.41, 5.74) is 6.50. The number of thiazole rings is 1. The summed E-state index contributed by atoms with van der Waals surface area (Å²) in [5.74, 6) is 0.514. The molecule has 2 aromatic heterocycles. The van der Waals surface area contributed by atoms with E-state index in [0.717, 1.165) is 52.0 Å². The van der Waals surface area contributed by atoms with Gasteiger partial charge in [0, 0.05) is 36.2 Å². The SMILES string of the molecule is Cc1nc(-c2cccc(NC(=O)O)c2)c(-c2ccnc(Nc3ccc4c(c3)CN(C)CC4)n2)s1. The van der Waals surface area contributed by atoms with E-state index in [4.69, 9.17) is 15.1 Å². The van der Waals surface area contributed by atoms with Crippen LogP contribution >= 0.6 is 11.3 Å². The van der Waals surface area contributed by atoms with Crippen LogP contribution in [-0.4, -0.2) is 44.6 Å². The van der Waals surface area contributed by atoms with Crippen LogP contribution in [0.1, 0.15) is 16.1 Å². The van der Waals surface area contributed by atoms with Crippen LogP contribution in [0.4, 0.5) is 22.1 Å². The zero-order chi connectivity index (χ0) is 23.7. The molecule has 0 saturated carbocycles. The van der Waals surface area contributed by atoms with E-state index in [1.165, 1.54) is 11.1 Å². The molecule has 0 aliphatic carbocycles. The van der Waals surface area contributed by atoms with Gasteiger partial charge in [0.05, 0.1) is 21.3 Å². The second-order valence-corrected chi connectivity index (χ2v) is 9.49. The van der Waals surface area contributed by atoms with E-state index >= 15 is 0 Å². The molecular formula is C25H24N6O2S. The zero-order valence-electron chi connectivity index (χ0n) is 18.9. The summed E-state index contributed by atoms with van der Waals surface area (Å²) >= 11 is 1.54. The molecule has 0 unspecified atom stereocenters. The van der Waals surface area contributed by atoms with Crippen LogP contribution in [0.2, 0.25) is 0 Å². The van der Waals surface area contributed by atoms with Crippen LogP contribution in [0.15, 0.2) is 54.7 Å².